The number of aliphatic hydroxyl groups is 1. The van der Waals surface area contributed by atoms with Crippen molar-refractivity contribution in [3.05, 3.63) is 83.2 Å². The molecule has 4 heteroatoms. The van der Waals surface area contributed by atoms with Crippen LogP contribution in [0.4, 0.5) is 0 Å². The predicted molar refractivity (Wildman–Crippen MR) is 106 cm³/mol. The number of aryl methyl sites for hydroxylation is 1. The zero-order chi connectivity index (χ0) is 19.3. The molecule has 3 aromatic rings. The molecule has 0 saturated carbocycles. The molecule has 0 unspecified atom stereocenters. The highest BCUT2D eigenvalue weighted by atomic mass is 16.4. The molecule has 27 heavy (non-hydrogen) atoms. The lowest BCUT2D eigenvalue weighted by Crippen LogP contribution is -2.23. The Balaban J connectivity index is 1.78. The van der Waals surface area contributed by atoms with Gasteiger partial charge >= 0.3 is 0 Å². The van der Waals surface area contributed by atoms with Gasteiger partial charge in [0.25, 0.3) is 0 Å². The van der Waals surface area contributed by atoms with E-state index in [2.05, 4.69) is 36.1 Å². The first-order valence-corrected chi connectivity index (χ1v) is 9.64. The summed E-state index contributed by atoms with van der Waals surface area (Å²) in [5, 5.41) is 10.7. The van der Waals surface area contributed by atoms with Crippen molar-refractivity contribution in [2.45, 2.75) is 58.8 Å². The van der Waals surface area contributed by atoms with Crippen LogP contribution in [0.3, 0.4) is 0 Å². The zero-order valence-corrected chi connectivity index (χ0v) is 16.4. The number of benzene rings is 1. The van der Waals surface area contributed by atoms with E-state index in [1.807, 2.05) is 38.1 Å². The smallest absolute Gasteiger partial charge is 0.135 e. The molecular weight excluding hydrogens is 338 g/mol. The standard InChI is InChI=1S/C23H29NO3/c1-4-23(25,5-2)22-12-11-21(27-22)17-24(16-20-10-7-13-26-20)15-19-9-6-8-18(3)14-19/h6-14,25H,4-5,15-17H2,1-3H3. The van der Waals surface area contributed by atoms with Crippen molar-refractivity contribution in [2.24, 2.45) is 0 Å². The molecular formula is C23H29NO3. The highest BCUT2D eigenvalue weighted by Gasteiger charge is 2.28. The lowest BCUT2D eigenvalue weighted by atomic mass is 9.95. The number of furan rings is 2. The fourth-order valence-corrected chi connectivity index (χ4v) is 3.39. The molecule has 0 fully saturated rings. The largest absolute Gasteiger partial charge is 0.468 e. The first-order valence-electron chi connectivity index (χ1n) is 9.64. The molecule has 144 valence electrons. The number of hydrogen-bond acceptors (Lipinski definition) is 4. The normalized spacial score (nSPS) is 12.0. The molecule has 3 rings (SSSR count). The van der Waals surface area contributed by atoms with Crippen LogP contribution in [0.15, 0.2) is 63.6 Å². The van der Waals surface area contributed by atoms with Gasteiger partial charge in [-0.15, -0.1) is 0 Å². The van der Waals surface area contributed by atoms with Gasteiger partial charge in [0.2, 0.25) is 0 Å². The molecule has 4 nitrogen and oxygen atoms in total. The molecule has 0 aliphatic rings. The Hall–Kier alpha value is -2.30. The summed E-state index contributed by atoms with van der Waals surface area (Å²) in [5.74, 6) is 2.42. The minimum Gasteiger partial charge on any atom is -0.468 e. The Labute approximate surface area is 161 Å². The maximum atomic E-state index is 10.7. The monoisotopic (exact) mass is 367 g/mol. The van der Waals surface area contributed by atoms with Crippen LogP contribution in [0, 0.1) is 6.92 Å². The van der Waals surface area contributed by atoms with Gasteiger partial charge in [0, 0.05) is 6.54 Å². The maximum Gasteiger partial charge on any atom is 0.135 e. The molecule has 0 bridgehead atoms. The van der Waals surface area contributed by atoms with E-state index in [9.17, 15) is 5.11 Å². The summed E-state index contributed by atoms with van der Waals surface area (Å²) >= 11 is 0. The molecule has 2 aromatic heterocycles. The lowest BCUT2D eigenvalue weighted by Gasteiger charge is -2.23. The van der Waals surface area contributed by atoms with Crippen LogP contribution in [-0.2, 0) is 25.2 Å². The van der Waals surface area contributed by atoms with Crippen molar-refractivity contribution in [2.75, 3.05) is 0 Å². The van der Waals surface area contributed by atoms with Crippen LogP contribution in [0.25, 0.3) is 0 Å². The number of hydrogen-bond donors (Lipinski definition) is 1. The van der Waals surface area contributed by atoms with Gasteiger partial charge in [-0.05, 0) is 49.6 Å². The van der Waals surface area contributed by atoms with E-state index in [4.69, 9.17) is 8.83 Å². The second-order valence-corrected chi connectivity index (χ2v) is 7.22. The Kier molecular flexibility index (Phi) is 6.19. The Morgan fingerprint density at radius 1 is 0.926 bits per heavy atom. The highest BCUT2D eigenvalue weighted by Crippen LogP contribution is 2.30. The van der Waals surface area contributed by atoms with Crippen LogP contribution < -0.4 is 0 Å². The van der Waals surface area contributed by atoms with Crippen molar-refractivity contribution in [3.63, 3.8) is 0 Å². The summed E-state index contributed by atoms with van der Waals surface area (Å²) < 4.78 is 11.6. The molecule has 0 saturated heterocycles. The summed E-state index contributed by atoms with van der Waals surface area (Å²) in [6, 6.07) is 16.3. The van der Waals surface area contributed by atoms with Crippen molar-refractivity contribution in [1.82, 2.24) is 4.90 Å². The van der Waals surface area contributed by atoms with Gasteiger partial charge in [0.1, 0.15) is 22.9 Å². The maximum absolute atomic E-state index is 10.7. The van der Waals surface area contributed by atoms with Gasteiger partial charge in [-0.25, -0.2) is 0 Å². The molecule has 1 N–H and O–H groups in total. The third-order valence-corrected chi connectivity index (χ3v) is 5.12. The number of rotatable bonds is 9. The van der Waals surface area contributed by atoms with E-state index >= 15 is 0 Å². The summed E-state index contributed by atoms with van der Waals surface area (Å²) in [6.45, 7) is 8.21. The second-order valence-electron chi connectivity index (χ2n) is 7.22. The van der Waals surface area contributed by atoms with E-state index in [0.29, 0.717) is 31.7 Å². The molecule has 0 amide bonds. The third kappa shape index (κ3) is 4.90. The minimum atomic E-state index is -0.888. The van der Waals surface area contributed by atoms with Crippen LogP contribution in [0.1, 0.15) is 55.1 Å². The first-order chi connectivity index (χ1) is 13.0. The summed E-state index contributed by atoms with van der Waals surface area (Å²) in [5.41, 5.74) is 1.62. The van der Waals surface area contributed by atoms with Crippen LogP contribution >= 0.6 is 0 Å². The minimum absolute atomic E-state index is 0.635. The van der Waals surface area contributed by atoms with E-state index < -0.39 is 5.60 Å². The molecule has 2 heterocycles. The van der Waals surface area contributed by atoms with E-state index in [1.54, 1.807) is 6.26 Å². The van der Waals surface area contributed by atoms with Crippen LogP contribution in [0.2, 0.25) is 0 Å². The highest BCUT2D eigenvalue weighted by molar-refractivity contribution is 5.22. The molecule has 0 spiro atoms. The molecule has 0 atom stereocenters. The Morgan fingerprint density at radius 2 is 1.70 bits per heavy atom. The Bertz CT molecular complexity index is 831. The van der Waals surface area contributed by atoms with Crippen molar-refractivity contribution in [1.29, 1.82) is 0 Å². The fourth-order valence-electron chi connectivity index (χ4n) is 3.39. The lowest BCUT2D eigenvalue weighted by molar-refractivity contribution is 0.00509. The van der Waals surface area contributed by atoms with Crippen molar-refractivity contribution >= 4 is 0 Å². The van der Waals surface area contributed by atoms with E-state index in [0.717, 1.165) is 18.1 Å². The van der Waals surface area contributed by atoms with Gasteiger partial charge in [0.05, 0.1) is 19.4 Å². The molecule has 0 radical (unpaired) electrons. The second kappa shape index (κ2) is 8.59. The van der Waals surface area contributed by atoms with Crippen molar-refractivity contribution < 1.29 is 13.9 Å². The van der Waals surface area contributed by atoms with Gasteiger partial charge in [0.15, 0.2) is 0 Å². The first kappa shape index (κ1) is 19.5. The van der Waals surface area contributed by atoms with Gasteiger partial charge in [-0.3, -0.25) is 4.90 Å². The van der Waals surface area contributed by atoms with Gasteiger partial charge in [-0.1, -0.05) is 43.7 Å². The van der Waals surface area contributed by atoms with Gasteiger partial charge in [-0.2, -0.15) is 0 Å². The third-order valence-electron chi connectivity index (χ3n) is 5.12. The summed E-state index contributed by atoms with van der Waals surface area (Å²) in [6.07, 6.45) is 2.97. The zero-order valence-electron chi connectivity index (χ0n) is 16.4. The quantitative estimate of drug-likeness (QED) is 0.551. The van der Waals surface area contributed by atoms with Gasteiger partial charge < -0.3 is 13.9 Å². The predicted octanol–water partition coefficient (Wildman–Crippen LogP) is 5.39. The van der Waals surface area contributed by atoms with Crippen LogP contribution in [-0.4, -0.2) is 10.0 Å². The van der Waals surface area contributed by atoms with Crippen LogP contribution in [0.5, 0.6) is 0 Å². The van der Waals surface area contributed by atoms with Crippen molar-refractivity contribution in [3.8, 4) is 0 Å². The average Bonchev–Trinajstić information content (AvgIpc) is 3.33. The number of nitrogens with zero attached hydrogens (tertiary/aromatic N) is 1. The fraction of sp³-hybridized carbons (Fsp3) is 0.391. The summed E-state index contributed by atoms with van der Waals surface area (Å²) in [7, 11) is 0. The summed E-state index contributed by atoms with van der Waals surface area (Å²) in [4.78, 5) is 2.28. The Morgan fingerprint density at radius 3 is 2.37 bits per heavy atom. The topological polar surface area (TPSA) is 49.8 Å². The molecule has 1 aromatic carbocycles. The SMILES string of the molecule is CCC(O)(CC)c1ccc(CN(Cc2cccc(C)c2)Cc2ccco2)o1. The van der Waals surface area contributed by atoms with E-state index in [-0.39, 0.29) is 0 Å². The van der Waals surface area contributed by atoms with E-state index in [1.165, 1.54) is 11.1 Å². The molecule has 0 aliphatic heterocycles. The average molecular weight is 367 g/mol. The molecule has 0 aliphatic carbocycles.